The Balaban J connectivity index is 2.67. The average Bonchev–Trinajstić information content (AvgIpc) is 2.24. The molecular formula is C12H11Cl3O4. The van der Waals surface area contributed by atoms with E-state index in [1.807, 2.05) is 0 Å². The molecule has 0 amide bonds. The van der Waals surface area contributed by atoms with Crippen LogP contribution in [0.2, 0.25) is 15.1 Å². The molecule has 19 heavy (non-hydrogen) atoms. The summed E-state index contributed by atoms with van der Waals surface area (Å²) in [7, 11) is 0. The number of ether oxygens (including phenoxy) is 2. The molecule has 1 unspecified atom stereocenters. The number of hydrogen-bond donors (Lipinski definition) is 0. The van der Waals surface area contributed by atoms with Crippen molar-refractivity contribution in [2.24, 2.45) is 0 Å². The van der Waals surface area contributed by atoms with Crippen molar-refractivity contribution in [3.63, 3.8) is 0 Å². The minimum absolute atomic E-state index is 0.0871. The third-order valence-electron chi connectivity index (χ3n) is 2.01. The smallest absolute Gasteiger partial charge is 0.317 e. The van der Waals surface area contributed by atoms with Gasteiger partial charge in [-0.1, -0.05) is 34.8 Å². The summed E-state index contributed by atoms with van der Waals surface area (Å²) in [6.45, 7) is 2.79. The second kappa shape index (κ2) is 6.98. The molecule has 0 aliphatic carbocycles. The second-order valence-corrected chi connectivity index (χ2v) is 5.02. The lowest BCUT2D eigenvalue weighted by molar-refractivity contribution is -0.158. The van der Waals surface area contributed by atoms with Gasteiger partial charge in [0.25, 0.3) is 0 Å². The van der Waals surface area contributed by atoms with Crippen molar-refractivity contribution in [2.75, 3.05) is 0 Å². The lowest BCUT2D eigenvalue weighted by atomic mass is 10.3. The van der Waals surface area contributed by atoms with Crippen LogP contribution < -0.4 is 4.74 Å². The van der Waals surface area contributed by atoms with Gasteiger partial charge in [-0.2, -0.15) is 0 Å². The van der Waals surface area contributed by atoms with Gasteiger partial charge in [0.2, 0.25) is 0 Å². The van der Waals surface area contributed by atoms with Gasteiger partial charge < -0.3 is 9.47 Å². The van der Waals surface area contributed by atoms with Crippen molar-refractivity contribution >= 4 is 46.7 Å². The first-order valence-corrected chi connectivity index (χ1v) is 6.45. The number of esters is 2. The molecule has 0 bridgehead atoms. The van der Waals surface area contributed by atoms with Crippen molar-refractivity contribution in [2.45, 2.75) is 26.4 Å². The van der Waals surface area contributed by atoms with E-state index >= 15 is 0 Å². The molecule has 1 aromatic carbocycles. The van der Waals surface area contributed by atoms with E-state index < -0.39 is 18.0 Å². The van der Waals surface area contributed by atoms with Gasteiger partial charge in [-0.05, 0) is 13.0 Å². The van der Waals surface area contributed by atoms with E-state index in [4.69, 9.17) is 39.5 Å². The number of carbonyl (C=O) groups excluding carboxylic acids is 2. The highest BCUT2D eigenvalue weighted by atomic mass is 35.5. The summed E-state index contributed by atoms with van der Waals surface area (Å²) in [4.78, 5) is 21.8. The molecule has 1 aromatic rings. The first kappa shape index (κ1) is 16.1. The van der Waals surface area contributed by atoms with Crippen LogP contribution in [0.25, 0.3) is 0 Å². The standard InChI is InChI=1S/C12H11Cl3O4/c1-6(3-12(17)19-7(2)16)18-11-5-9(14)8(13)4-10(11)15/h4-6H,3H2,1-2H3. The zero-order chi connectivity index (χ0) is 14.6. The quantitative estimate of drug-likeness (QED) is 0.479. The maximum Gasteiger partial charge on any atom is 0.317 e. The van der Waals surface area contributed by atoms with E-state index in [2.05, 4.69) is 4.74 Å². The van der Waals surface area contributed by atoms with Gasteiger partial charge in [0.1, 0.15) is 11.9 Å². The van der Waals surface area contributed by atoms with Crippen LogP contribution in [0.1, 0.15) is 20.3 Å². The molecule has 1 rings (SSSR count). The molecule has 0 N–H and O–H groups in total. The summed E-state index contributed by atoms with van der Waals surface area (Å²) in [5.74, 6) is -1.03. The third kappa shape index (κ3) is 5.27. The molecule has 0 fully saturated rings. The van der Waals surface area contributed by atoms with Crippen LogP contribution in [0.15, 0.2) is 12.1 Å². The van der Waals surface area contributed by atoms with Crippen molar-refractivity contribution < 1.29 is 19.1 Å². The maximum atomic E-state index is 11.3. The van der Waals surface area contributed by atoms with Gasteiger partial charge in [-0.25, -0.2) is 0 Å². The molecule has 104 valence electrons. The number of benzene rings is 1. The molecule has 4 nitrogen and oxygen atoms in total. The van der Waals surface area contributed by atoms with Gasteiger partial charge in [0, 0.05) is 13.0 Å². The molecule has 0 saturated heterocycles. The van der Waals surface area contributed by atoms with E-state index in [1.165, 1.54) is 12.1 Å². The molecule has 0 aliphatic rings. The Hall–Kier alpha value is -0.970. The molecular weight excluding hydrogens is 314 g/mol. The minimum atomic E-state index is -0.670. The highest BCUT2D eigenvalue weighted by Crippen LogP contribution is 2.34. The topological polar surface area (TPSA) is 52.6 Å². The highest BCUT2D eigenvalue weighted by molar-refractivity contribution is 6.43. The lowest BCUT2D eigenvalue weighted by Crippen LogP contribution is -2.20. The second-order valence-electron chi connectivity index (χ2n) is 3.79. The predicted molar refractivity (Wildman–Crippen MR) is 73.0 cm³/mol. The monoisotopic (exact) mass is 324 g/mol. The van der Waals surface area contributed by atoms with Crippen LogP contribution in [-0.2, 0) is 14.3 Å². The Morgan fingerprint density at radius 3 is 2.32 bits per heavy atom. The van der Waals surface area contributed by atoms with Crippen molar-refractivity contribution in [1.82, 2.24) is 0 Å². The molecule has 0 aromatic heterocycles. The average molecular weight is 326 g/mol. The SMILES string of the molecule is CC(=O)OC(=O)CC(C)Oc1cc(Cl)c(Cl)cc1Cl. The number of rotatable bonds is 4. The Morgan fingerprint density at radius 2 is 1.74 bits per heavy atom. The molecule has 0 heterocycles. The van der Waals surface area contributed by atoms with Gasteiger partial charge in [0.15, 0.2) is 0 Å². The van der Waals surface area contributed by atoms with Gasteiger partial charge in [0.05, 0.1) is 21.5 Å². The Morgan fingerprint density at radius 1 is 1.16 bits per heavy atom. The normalized spacial score (nSPS) is 11.8. The van der Waals surface area contributed by atoms with E-state index in [0.29, 0.717) is 15.8 Å². The fraction of sp³-hybridized carbons (Fsp3) is 0.333. The molecule has 0 aliphatic heterocycles. The van der Waals surface area contributed by atoms with E-state index in [0.717, 1.165) is 6.92 Å². The Kier molecular flexibility index (Phi) is 5.91. The molecule has 1 atom stereocenters. The fourth-order valence-electron chi connectivity index (χ4n) is 1.29. The zero-order valence-corrected chi connectivity index (χ0v) is 12.5. The van der Waals surface area contributed by atoms with Gasteiger partial charge in [-0.15, -0.1) is 0 Å². The van der Waals surface area contributed by atoms with Gasteiger partial charge >= 0.3 is 11.9 Å². The van der Waals surface area contributed by atoms with Crippen LogP contribution in [0.4, 0.5) is 0 Å². The zero-order valence-electron chi connectivity index (χ0n) is 10.2. The van der Waals surface area contributed by atoms with Crippen LogP contribution in [0, 0.1) is 0 Å². The Labute approximate surface area is 125 Å². The number of hydrogen-bond acceptors (Lipinski definition) is 4. The van der Waals surface area contributed by atoms with Crippen LogP contribution >= 0.6 is 34.8 Å². The predicted octanol–water partition coefficient (Wildman–Crippen LogP) is 3.89. The van der Waals surface area contributed by atoms with E-state index in [-0.39, 0.29) is 11.4 Å². The third-order valence-corrected chi connectivity index (χ3v) is 3.03. The summed E-state index contributed by atoms with van der Waals surface area (Å²) in [6, 6.07) is 2.90. The van der Waals surface area contributed by atoms with Crippen LogP contribution in [0.5, 0.6) is 5.75 Å². The number of carbonyl (C=O) groups is 2. The summed E-state index contributed by atoms with van der Waals surface area (Å²) in [6.07, 6.45) is -0.613. The van der Waals surface area contributed by atoms with E-state index in [9.17, 15) is 9.59 Å². The summed E-state index contributed by atoms with van der Waals surface area (Å²) < 4.78 is 9.84. The summed E-state index contributed by atoms with van der Waals surface area (Å²) in [5, 5.41) is 0.878. The first-order chi connectivity index (χ1) is 8.79. The van der Waals surface area contributed by atoms with Crippen LogP contribution in [0.3, 0.4) is 0 Å². The van der Waals surface area contributed by atoms with Crippen molar-refractivity contribution in [3.05, 3.63) is 27.2 Å². The largest absolute Gasteiger partial charge is 0.488 e. The Bertz CT molecular complexity index is 502. The summed E-state index contributed by atoms with van der Waals surface area (Å²) >= 11 is 17.5. The maximum absolute atomic E-state index is 11.3. The first-order valence-electron chi connectivity index (χ1n) is 5.32. The van der Waals surface area contributed by atoms with Crippen molar-refractivity contribution in [3.8, 4) is 5.75 Å². The molecule has 0 radical (unpaired) electrons. The highest BCUT2D eigenvalue weighted by Gasteiger charge is 2.16. The number of halogens is 3. The molecule has 0 saturated carbocycles. The molecule has 7 heteroatoms. The van der Waals surface area contributed by atoms with Crippen molar-refractivity contribution in [1.29, 1.82) is 0 Å². The fourth-order valence-corrected chi connectivity index (χ4v) is 1.87. The van der Waals surface area contributed by atoms with Crippen LogP contribution in [-0.4, -0.2) is 18.0 Å². The van der Waals surface area contributed by atoms with E-state index in [1.54, 1.807) is 6.92 Å². The van der Waals surface area contributed by atoms with Gasteiger partial charge in [-0.3, -0.25) is 9.59 Å². The minimum Gasteiger partial charge on any atom is -0.488 e. The summed E-state index contributed by atoms with van der Waals surface area (Å²) in [5.41, 5.74) is 0. The lowest BCUT2D eigenvalue weighted by Gasteiger charge is -2.15. The molecule has 0 spiro atoms.